The van der Waals surface area contributed by atoms with Crippen LogP contribution in [0.15, 0.2) is 18.2 Å². The number of aromatic nitrogens is 1. The number of aryl methyl sites for hydroxylation is 3. The molecule has 0 aliphatic carbocycles. The lowest BCUT2D eigenvalue weighted by Gasteiger charge is -2.09. The lowest BCUT2D eigenvalue weighted by atomic mass is 10.0. The molecular weight excluding hydrogens is 196 g/mol. The van der Waals surface area contributed by atoms with Crippen LogP contribution in [0.1, 0.15) is 22.4 Å². The summed E-state index contributed by atoms with van der Waals surface area (Å²) in [6, 6.07) is 6.55. The highest BCUT2D eigenvalue weighted by Crippen LogP contribution is 2.23. The Hall–Kier alpha value is -1.41. The number of hydrogen-bond donors (Lipinski definition) is 1. The Morgan fingerprint density at radius 3 is 2.50 bits per heavy atom. The molecule has 0 atom stereocenters. The van der Waals surface area contributed by atoms with Crippen molar-refractivity contribution in [1.29, 1.82) is 0 Å². The zero-order valence-electron chi connectivity index (χ0n) is 10.2. The predicted octanol–water partition coefficient (Wildman–Crippen LogP) is 2.66. The Balaban J connectivity index is 2.71. The number of nitrogens with two attached hydrogens (primary N) is 1. The number of hydrogen-bond acceptors (Lipinski definition) is 2. The smallest absolute Gasteiger partial charge is 0.0737 e. The number of nitrogens with zero attached hydrogens (tertiary/aromatic N) is 1. The van der Waals surface area contributed by atoms with Crippen LogP contribution in [0.25, 0.3) is 10.9 Å². The van der Waals surface area contributed by atoms with Crippen LogP contribution in [0.3, 0.4) is 0 Å². The standard InChI is InChI=1S/C14H18N2/c1-9-6-11(3)16-14-10(2)7-12(4-5-15)8-13(9)14/h6-8H,4-5,15H2,1-3H3. The molecule has 0 aliphatic rings. The normalized spacial score (nSPS) is 11.0. The first-order valence-electron chi connectivity index (χ1n) is 5.69. The summed E-state index contributed by atoms with van der Waals surface area (Å²) in [5.74, 6) is 0. The highest BCUT2D eigenvalue weighted by Gasteiger charge is 2.05. The summed E-state index contributed by atoms with van der Waals surface area (Å²) in [4.78, 5) is 4.61. The van der Waals surface area contributed by atoms with Gasteiger partial charge in [0.1, 0.15) is 0 Å². The van der Waals surface area contributed by atoms with Crippen LogP contribution in [0.4, 0.5) is 0 Å². The van der Waals surface area contributed by atoms with E-state index in [1.807, 2.05) is 6.92 Å². The molecule has 0 amide bonds. The third-order valence-corrected chi connectivity index (χ3v) is 2.93. The van der Waals surface area contributed by atoms with E-state index < -0.39 is 0 Å². The van der Waals surface area contributed by atoms with E-state index in [0.717, 1.165) is 17.6 Å². The fourth-order valence-corrected chi connectivity index (χ4v) is 2.21. The molecule has 0 unspecified atom stereocenters. The van der Waals surface area contributed by atoms with E-state index in [-0.39, 0.29) is 0 Å². The predicted molar refractivity (Wildman–Crippen MR) is 68.7 cm³/mol. The van der Waals surface area contributed by atoms with Crippen LogP contribution in [0.2, 0.25) is 0 Å². The monoisotopic (exact) mass is 214 g/mol. The van der Waals surface area contributed by atoms with Crippen LogP contribution >= 0.6 is 0 Å². The average molecular weight is 214 g/mol. The van der Waals surface area contributed by atoms with E-state index in [0.29, 0.717) is 6.54 Å². The second kappa shape index (κ2) is 4.22. The molecule has 2 aromatic rings. The highest BCUT2D eigenvalue weighted by atomic mass is 14.7. The molecule has 2 N–H and O–H groups in total. The van der Waals surface area contributed by atoms with Crippen LogP contribution in [-0.4, -0.2) is 11.5 Å². The molecule has 2 heteroatoms. The minimum Gasteiger partial charge on any atom is -0.330 e. The first-order chi connectivity index (χ1) is 7.61. The molecule has 0 saturated heterocycles. The second-order valence-corrected chi connectivity index (χ2v) is 4.43. The number of rotatable bonds is 2. The molecule has 2 nitrogen and oxygen atoms in total. The molecule has 0 radical (unpaired) electrons. The van der Waals surface area contributed by atoms with Gasteiger partial charge < -0.3 is 5.73 Å². The minimum atomic E-state index is 0.698. The van der Waals surface area contributed by atoms with Crippen molar-refractivity contribution in [2.75, 3.05) is 6.54 Å². The van der Waals surface area contributed by atoms with Crippen LogP contribution < -0.4 is 5.73 Å². The largest absolute Gasteiger partial charge is 0.330 e. The Morgan fingerprint density at radius 1 is 1.06 bits per heavy atom. The van der Waals surface area contributed by atoms with Gasteiger partial charge >= 0.3 is 0 Å². The Morgan fingerprint density at radius 2 is 1.81 bits per heavy atom. The molecular formula is C14H18N2. The molecule has 0 fully saturated rings. The minimum absolute atomic E-state index is 0.698. The molecule has 1 aromatic heterocycles. The van der Waals surface area contributed by atoms with E-state index in [9.17, 15) is 0 Å². The third-order valence-electron chi connectivity index (χ3n) is 2.93. The first-order valence-corrected chi connectivity index (χ1v) is 5.69. The van der Waals surface area contributed by atoms with Gasteiger partial charge in [0.25, 0.3) is 0 Å². The van der Waals surface area contributed by atoms with Crippen molar-refractivity contribution < 1.29 is 0 Å². The van der Waals surface area contributed by atoms with Gasteiger partial charge in [0.15, 0.2) is 0 Å². The van der Waals surface area contributed by atoms with Crippen LogP contribution in [0, 0.1) is 20.8 Å². The zero-order chi connectivity index (χ0) is 11.7. The van der Waals surface area contributed by atoms with Crippen molar-refractivity contribution in [3.8, 4) is 0 Å². The quantitative estimate of drug-likeness (QED) is 0.834. The van der Waals surface area contributed by atoms with Crippen molar-refractivity contribution in [2.24, 2.45) is 5.73 Å². The maximum Gasteiger partial charge on any atom is 0.0737 e. The topological polar surface area (TPSA) is 38.9 Å². The van der Waals surface area contributed by atoms with Crippen molar-refractivity contribution >= 4 is 10.9 Å². The first kappa shape index (κ1) is 11.1. The van der Waals surface area contributed by atoms with Gasteiger partial charge in [-0.15, -0.1) is 0 Å². The lowest BCUT2D eigenvalue weighted by molar-refractivity contribution is 0.968. The molecule has 1 aromatic carbocycles. The van der Waals surface area contributed by atoms with Crippen molar-refractivity contribution in [3.63, 3.8) is 0 Å². The molecule has 0 spiro atoms. The molecule has 0 aliphatic heterocycles. The SMILES string of the molecule is Cc1cc(C)c2cc(CCN)cc(C)c2n1. The Kier molecular flexibility index (Phi) is 2.92. The number of fused-ring (bicyclic) bond motifs is 1. The molecule has 2 rings (SSSR count). The number of pyridine rings is 1. The summed E-state index contributed by atoms with van der Waals surface area (Å²) in [6.45, 7) is 7.00. The van der Waals surface area contributed by atoms with E-state index in [4.69, 9.17) is 5.73 Å². The molecule has 0 bridgehead atoms. The Labute approximate surface area is 96.5 Å². The summed E-state index contributed by atoms with van der Waals surface area (Å²) in [7, 11) is 0. The van der Waals surface area contributed by atoms with Crippen molar-refractivity contribution in [3.05, 3.63) is 40.6 Å². The summed E-state index contributed by atoms with van der Waals surface area (Å²) in [5.41, 5.74) is 11.7. The van der Waals surface area contributed by atoms with E-state index in [1.165, 1.54) is 22.1 Å². The molecule has 16 heavy (non-hydrogen) atoms. The third kappa shape index (κ3) is 1.93. The average Bonchev–Trinajstić information content (AvgIpc) is 2.20. The summed E-state index contributed by atoms with van der Waals surface area (Å²) in [6.07, 6.45) is 0.935. The molecule has 0 saturated carbocycles. The highest BCUT2D eigenvalue weighted by molar-refractivity contribution is 5.85. The van der Waals surface area contributed by atoms with E-state index in [2.05, 4.69) is 37.0 Å². The van der Waals surface area contributed by atoms with Crippen molar-refractivity contribution in [1.82, 2.24) is 4.98 Å². The number of benzene rings is 1. The van der Waals surface area contributed by atoms with E-state index >= 15 is 0 Å². The van der Waals surface area contributed by atoms with Crippen LogP contribution in [0.5, 0.6) is 0 Å². The van der Waals surface area contributed by atoms with Gasteiger partial charge in [-0.2, -0.15) is 0 Å². The molecule has 84 valence electrons. The fourth-order valence-electron chi connectivity index (χ4n) is 2.21. The van der Waals surface area contributed by atoms with Crippen molar-refractivity contribution in [2.45, 2.75) is 27.2 Å². The van der Waals surface area contributed by atoms with E-state index in [1.54, 1.807) is 0 Å². The van der Waals surface area contributed by atoms with Crippen LogP contribution in [-0.2, 0) is 6.42 Å². The lowest BCUT2D eigenvalue weighted by Crippen LogP contribution is -2.03. The molecule has 1 heterocycles. The maximum absolute atomic E-state index is 5.60. The van der Waals surface area contributed by atoms with Gasteiger partial charge in [0.05, 0.1) is 5.52 Å². The van der Waals surface area contributed by atoms with Gasteiger partial charge in [-0.1, -0.05) is 6.07 Å². The summed E-state index contributed by atoms with van der Waals surface area (Å²) >= 11 is 0. The summed E-state index contributed by atoms with van der Waals surface area (Å²) in [5, 5.41) is 1.26. The van der Waals surface area contributed by atoms with Gasteiger partial charge in [0, 0.05) is 11.1 Å². The van der Waals surface area contributed by atoms with Gasteiger partial charge in [0.2, 0.25) is 0 Å². The Bertz CT molecular complexity index is 530. The second-order valence-electron chi connectivity index (χ2n) is 4.43. The van der Waals surface area contributed by atoms with Gasteiger partial charge in [-0.3, -0.25) is 4.98 Å². The fraction of sp³-hybridized carbons (Fsp3) is 0.357. The zero-order valence-corrected chi connectivity index (χ0v) is 10.2. The van der Waals surface area contributed by atoms with Gasteiger partial charge in [-0.25, -0.2) is 0 Å². The van der Waals surface area contributed by atoms with Gasteiger partial charge in [-0.05, 0) is 62.6 Å². The maximum atomic E-state index is 5.60. The summed E-state index contributed by atoms with van der Waals surface area (Å²) < 4.78 is 0.